The van der Waals surface area contributed by atoms with Gasteiger partial charge in [0.2, 0.25) is 82.7 Å². The molecule has 0 spiro atoms. The summed E-state index contributed by atoms with van der Waals surface area (Å²) in [6, 6.07) is -10.5. The smallest absolute Gasteiger partial charge is 0.329 e. The fraction of sp³-hybridized carbons (Fsp3) is 0.534. The Kier molecular flexibility index (Phi) is 39.4. The third kappa shape index (κ3) is 32.8. The van der Waals surface area contributed by atoms with E-state index in [0.717, 1.165) is 46.5 Å². The molecular weight excluding hydrogens is 1530 g/mol. The van der Waals surface area contributed by atoms with E-state index in [0.29, 0.717) is 35.2 Å². The largest absolute Gasteiger partial charge is 0.481 e. The van der Waals surface area contributed by atoms with Gasteiger partial charge >= 0.3 is 29.8 Å². The van der Waals surface area contributed by atoms with E-state index >= 15 is 0 Å². The highest BCUT2D eigenvalue weighted by Gasteiger charge is 2.41. The van der Waals surface area contributed by atoms with Crippen LogP contribution in [0.1, 0.15) is 147 Å². The summed E-state index contributed by atoms with van der Waals surface area (Å²) < 4.78 is 5.68. The summed E-state index contributed by atoms with van der Waals surface area (Å²) in [6.45, 7) is 3.26. The highest BCUT2D eigenvalue weighted by Crippen LogP contribution is 2.22. The number of carbonyl (C=O) groups excluding carboxylic acids is 16. The molecule has 636 valence electrons. The van der Waals surface area contributed by atoms with Gasteiger partial charge in [0.25, 0.3) is 0 Å². The molecule has 1 aliphatic rings. The van der Waals surface area contributed by atoms with Gasteiger partial charge in [0.15, 0.2) is 5.78 Å². The predicted octanol–water partition coefficient (Wildman–Crippen LogP) is -5.38. The number of cyclic esters (lactones) is 1. The lowest BCUT2D eigenvalue weighted by Gasteiger charge is -2.30. The highest BCUT2D eigenvalue weighted by atomic mass is 16.5. The van der Waals surface area contributed by atoms with Crippen LogP contribution in [0.15, 0.2) is 54.7 Å². The number of aliphatic hydroxyl groups is 1. The number of carboxylic acids is 4. The quantitative estimate of drug-likeness (QED) is 0.0113. The van der Waals surface area contributed by atoms with Gasteiger partial charge in [-0.2, -0.15) is 0 Å². The molecule has 2 aromatic carbocycles. The van der Waals surface area contributed by atoms with E-state index in [1.807, 2.05) is 16.0 Å². The van der Waals surface area contributed by atoms with E-state index in [1.165, 1.54) is 24.3 Å². The topological polar surface area (TPSA) is 702 Å². The number of hydrogen-bond donors (Lipinski definition) is 22. The summed E-state index contributed by atoms with van der Waals surface area (Å²) >= 11 is 0. The SMILES string of the molecule is CC(C)CCCCCCCC(=O)N[C@@H](Cc1c[nH]c2ccccc12)C(=O)N[C@@H](CC(N)=O)C(=O)N[C@@H](CC(=O)O)C(=O)N[C@@H]1C(=O)NCC(=O)N[C@@H](CCCN)C(=O)N[C@@H](CC(=O)O)C(=O)N[C@H](C)C(=O)N[C@@H](CC(=O)O)C(=O)NCC(=O)N[C@H](CO)C(=O)N[C@@H]([C@H](C)CC(=O)O)C(=O)N[C@@H](CC(=O)c2ccccc2N)C(=O)O[C@@H]1C. The average Bonchev–Trinajstić information content (AvgIpc) is 1.62. The molecule has 1 fully saturated rings. The van der Waals surface area contributed by atoms with Crippen LogP contribution in [0.2, 0.25) is 0 Å². The number of benzene rings is 2. The van der Waals surface area contributed by atoms with Crippen molar-refractivity contribution < 1.29 is 126 Å². The fourth-order valence-electron chi connectivity index (χ4n) is 11.9. The monoisotopic (exact) mass is 1630 g/mol. The lowest BCUT2D eigenvalue weighted by atomic mass is 9.96. The highest BCUT2D eigenvalue weighted by molar-refractivity contribution is 6.05. The van der Waals surface area contributed by atoms with Crippen LogP contribution in [0.5, 0.6) is 0 Å². The van der Waals surface area contributed by atoms with Crippen LogP contribution in [0.25, 0.3) is 10.9 Å². The van der Waals surface area contributed by atoms with Crippen molar-refractivity contribution in [2.45, 2.75) is 210 Å². The standard InChI is InChI=1S/C73H103N17O26/c1-35(2)16-9-7-6-8-10-22-54(94)82-45(25-39-31-77-43-20-14-12-17-40(39)43)67(109)85-46(27-53(76)93)68(110)87-49(30-60(103)104)69(111)90-62-38(5)116-73(115)50(26-52(92)41-18-11-13-19-42(41)75)88-72(114)61(36(3)24-57(97)98)89-70(112)51(34-91)83-56(96)32-78-64(106)47(28-58(99)100)84-63(105)37(4)80-66(108)48(29-59(101)102)86-65(107)44(21-15-23-74)81-55(95)33-79-71(62)113/h11-14,17-20,31,35-38,44-51,61-62,77,91H,6-10,15-16,21-30,32-34,74-75H2,1-5H3,(H2,76,93)(H,78,106)(H,79,113)(H,80,108)(H,81,95)(H,82,94)(H,83,96)(H,84,105)(H,85,109)(H,86,107)(H,87,110)(H,88,114)(H,89,112)(H,90,111)(H,97,98)(H,99,100)(H,101,102)(H,103,104)/t36-,37-,38-,44+,45+,46+,47+,48+,49+,50+,51-,61+,62+/m1/s1. The normalized spacial score (nSPS) is 21.2. The van der Waals surface area contributed by atoms with Crippen molar-refractivity contribution >= 4 is 135 Å². The maximum absolute atomic E-state index is 14.8. The Morgan fingerprint density at radius 1 is 0.543 bits per heavy atom. The second-order valence-electron chi connectivity index (χ2n) is 28.1. The second-order valence-corrected chi connectivity index (χ2v) is 28.1. The van der Waals surface area contributed by atoms with Crippen molar-refractivity contribution in [3.05, 3.63) is 65.9 Å². The molecule has 1 saturated heterocycles. The molecule has 0 aliphatic carbocycles. The molecular formula is C73H103N17O26. The molecule has 43 heteroatoms. The maximum atomic E-state index is 14.8. The van der Waals surface area contributed by atoms with E-state index in [9.17, 15) is 121 Å². The Bertz CT molecular complexity index is 4080. The number of H-pyrrole nitrogens is 1. The molecule has 3 aromatic rings. The Balaban J connectivity index is 1.87. The molecule has 116 heavy (non-hydrogen) atoms. The van der Waals surface area contributed by atoms with Crippen LogP contribution < -0.4 is 86.3 Å². The molecule has 43 nitrogen and oxygen atoms in total. The van der Waals surface area contributed by atoms with Gasteiger partial charge in [-0.05, 0) is 75.3 Å². The minimum absolute atomic E-state index is 0.0222. The number of rotatable bonds is 35. The number of nitrogen functional groups attached to an aromatic ring is 1. The number of ketones is 1. The number of anilines is 1. The molecule has 0 bridgehead atoms. The Morgan fingerprint density at radius 3 is 1.69 bits per heavy atom. The zero-order chi connectivity index (χ0) is 86.6. The van der Waals surface area contributed by atoms with Crippen LogP contribution in [0.3, 0.4) is 0 Å². The minimum Gasteiger partial charge on any atom is -0.481 e. The lowest BCUT2D eigenvalue weighted by molar-refractivity contribution is -0.156. The lowest BCUT2D eigenvalue weighted by Crippen LogP contribution is -2.62. The Hall–Kier alpha value is -12.7. The predicted molar refractivity (Wildman–Crippen MR) is 405 cm³/mol. The third-order valence-electron chi connectivity index (χ3n) is 18.0. The summed E-state index contributed by atoms with van der Waals surface area (Å²) in [5.74, 6) is -29.2. The number of aromatic nitrogens is 1. The molecule has 0 unspecified atom stereocenters. The number of hydrogen-bond acceptors (Lipinski definition) is 24. The minimum atomic E-state index is -2.45. The summed E-state index contributed by atoms with van der Waals surface area (Å²) in [5, 5.41) is 78.7. The van der Waals surface area contributed by atoms with Gasteiger partial charge in [-0.15, -0.1) is 0 Å². The number of aliphatic carboxylic acids is 4. The number of aromatic amines is 1. The number of carboxylic acid groups (broad SMARTS) is 4. The fourth-order valence-corrected chi connectivity index (χ4v) is 11.9. The van der Waals surface area contributed by atoms with E-state index in [-0.39, 0.29) is 37.1 Å². The van der Waals surface area contributed by atoms with E-state index < -0.39 is 261 Å². The van der Waals surface area contributed by atoms with Gasteiger partial charge < -0.3 is 122 Å². The van der Waals surface area contributed by atoms with E-state index in [4.69, 9.17) is 21.9 Å². The molecule has 1 aliphatic heterocycles. The molecule has 0 radical (unpaired) electrons. The molecule has 25 N–H and O–H groups in total. The number of fused-ring (bicyclic) bond motifs is 1. The van der Waals surface area contributed by atoms with E-state index in [1.54, 1.807) is 30.5 Å². The first kappa shape index (κ1) is 95.7. The number of Topliss-reactive ketones (excluding diaryl/α,β-unsaturated/α-hetero) is 1. The first-order valence-corrected chi connectivity index (χ1v) is 37.2. The van der Waals surface area contributed by atoms with Crippen LogP contribution in [-0.4, -0.2) is 248 Å². The summed E-state index contributed by atoms with van der Waals surface area (Å²) in [7, 11) is 0. The number of aliphatic hydroxyl groups excluding tert-OH is 1. The zero-order valence-corrected chi connectivity index (χ0v) is 64.5. The molecule has 2 heterocycles. The number of ether oxygens (including phenoxy) is 1. The van der Waals surface area contributed by atoms with Crippen LogP contribution >= 0.6 is 0 Å². The summed E-state index contributed by atoms with van der Waals surface area (Å²) in [6.07, 6.45) is -3.41. The first-order valence-electron chi connectivity index (χ1n) is 37.2. The van der Waals surface area contributed by atoms with Crippen LogP contribution in [0, 0.1) is 11.8 Å². The van der Waals surface area contributed by atoms with Crippen molar-refractivity contribution in [3.8, 4) is 0 Å². The van der Waals surface area contributed by atoms with Gasteiger partial charge in [0, 0.05) is 47.6 Å². The van der Waals surface area contributed by atoms with Gasteiger partial charge in [-0.1, -0.05) is 83.2 Å². The van der Waals surface area contributed by atoms with Gasteiger partial charge in [0.1, 0.15) is 72.6 Å². The van der Waals surface area contributed by atoms with Crippen molar-refractivity contribution in [1.82, 2.24) is 74.1 Å². The molecule has 4 rings (SSSR count). The van der Waals surface area contributed by atoms with E-state index in [2.05, 4.69) is 72.0 Å². The number of carbonyl (C=O) groups is 20. The molecule has 1 aromatic heterocycles. The number of primary amides is 1. The average molecular weight is 1630 g/mol. The number of unbranched alkanes of at least 4 members (excludes halogenated alkanes) is 4. The number of esters is 1. The number of amides is 14. The van der Waals surface area contributed by atoms with Gasteiger partial charge in [0.05, 0.1) is 51.8 Å². The van der Waals surface area contributed by atoms with Crippen LogP contribution in [0.4, 0.5) is 5.69 Å². The summed E-state index contributed by atoms with van der Waals surface area (Å²) in [4.78, 5) is 276. The van der Waals surface area contributed by atoms with Crippen molar-refractivity contribution in [2.24, 2.45) is 23.3 Å². The number of para-hydroxylation sites is 2. The van der Waals surface area contributed by atoms with Crippen molar-refractivity contribution in [2.75, 3.05) is 32.0 Å². The second kappa shape index (κ2) is 47.7. The summed E-state index contributed by atoms with van der Waals surface area (Å²) in [5.41, 5.74) is 18.1. The van der Waals surface area contributed by atoms with Crippen molar-refractivity contribution in [1.29, 1.82) is 0 Å². The Morgan fingerprint density at radius 2 is 1.09 bits per heavy atom. The van der Waals surface area contributed by atoms with Gasteiger partial charge in [-0.3, -0.25) is 91.1 Å². The maximum Gasteiger partial charge on any atom is 0.329 e. The number of nitrogens with one attached hydrogen (secondary N) is 14. The first-order chi connectivity index (χ1) is 54.7. The molecule has 13 atom stereocenters. The zero-order valence-electron chi connectivity index (χ0n) is 64.5. The van der Waals surface area contributed by atoms with Crippen molar-refractivity contribution in [3.63, 3.8) is 0 Å². The van der Waals surface area contributed by atoms with Crippen LogP contribution in [-0.2, 0) is 102 Å². The Labute approximate surface area is 663 Å². The number of nitrogens with two attached hydrogens (primary N) is 3. The van der Waals surface area contributed by atoms with Gasteiger partial charge in [-0.25, -0.2) is 4.79 Å². The molecule has 14 amide bonds. The third-order valence-corrected chi connectivity index (χ3v) is 18.0. The molecule has 0 saturated carbocycles.